The van der Waals surface area contributed by atoms with Gasteiger partial charge in [-0.1, -0.05) is 6.92 Å². The Bertz CT molecular complexity index is 473. The summed E-state index contributed by atoms with van der Waals surface area (Å²) in [6, 6.07) is 0. The van der Waals surface area contributed by atoms with Gasteiger partial charge in [-0.05, 0) is 20.3 Å². The van der Waals surface area contributed by atoms with Crippen LogP contribution in [0.5, 0.6) is 0 Å². The Kier molecular flexibility index (Phi) is 3.19. The smallest absolute Gasteiger partial charge is 0.227 e. The third-order valence-electron chi connectivity index (χ3n) is 3.97. The van der Waals surface area contributed by atoms with Crippen LogP contribution >= 0.6 is 0 Å². The van der Waals surface area contributed by atoms with E-state index >= 15 is 0 Å². The van der Waals surface area contributed by atoms with Crippen LogP contribution in [-0.4, -0.2) is 44.4 Å². The van der Waals surface area contributed by atoms with E-state index in [1.54, 1.807) is 9.58 Å². The van der Waals surface area contributed by atoms with Crippen molar-refractivity contribution in [2.75, 3.05) is 13.1 Å². The van der Waals surface area contributed by atoms with Gasteiger partial charge in [-0.3, -0.25) is 9.48 Å². The fourth-order valence-electron chi connectivity index (χ4n) is 2.40. The molecular weight excluding hydrogens is 230 g/mol. The Labute approximate surface area is 107 Å². The van der Waals surface area contributed by atoms with E-state index in [9.17, 15) is 9.90 Å². The molecule has 0 aliphatic carbocycles. The minimum absolute atomic E-state index is 0.0762. The molecule has 5 nitrogen and oxygen atoms in total. The minimum atomic E-state index is -0.658. The highest BCUT2D eigenvalue weighted by Crippen LogP contribution is 2.25. The number of rotatable bonds is 3. The Morgan fingerprint density at radius 1 is 1.44 bits per heavy atom. The van der Waals surface area contributed by atoms with Crippen molar-refractivity contribution in [1.82, 2.24) is 14.7 Å². The summed E-state index contributed by atoms with van der Waals surface area (Å²) >= 11 is 0. The number of carbonyl (C=O) groups is 1. The lowest BCUT2D eigenvalue weighted by atomic mass is 9.90. The molecule has 0 spiro atoms. The molecule has 1 aromatic heterocycles. The van der Waals surface area contributed by atoms with Crippen molar-refractivity contribution in [3.8, 4) is 0 Å². The normalized spacial score (nSPS) is 17.7. The van der Waals surface area contributed by atoms with Crippen molar-refractivity contribution in [2.24, 2.45) is 7.05 Å². The Morgan fingerprint density at radius 2 is 2.06 bits per heavy atom. The average molecular weight is 251 g/mol. The summed E-state index contributed by atoms with van der Waals surface area (Å²) in [7, 11) is 1.88. The molecule has 2 rings (SSSR count). The molecule has 1 aliphatic rings. The molecule has 1 fully saturated rings. The number of amides is 1. The van der Waals surface area contributed by atoms with Crippen LogP contribution in [-0.2, 0) is 18.3 Å². The molecule has 5 heteroatoms. The molecule has 0 radical (unpaired) electrons. The third kappa shape index (κ3) is 2.14. The number of nitrogens with zero attached hydrogens (tertiary/aromatic N) is 3. The Balaban J connectivity index is 2.01. The molecule has 0 atom stereocenters. The minimum Gasteiger partial charge on any atom is -0.386 e. The number of carbonyl (C=O) groups excluding carboxylic acids is 1. The van der Waals surface area contributed by atoms with Gasteiger partial charge in [0.05, 0.1) is 30.8 Å². The van der Waals surface area contributed by atoms with E-state index in [2.05, 4.69) is 5.10 Å². The van der Waals surface area contributed by atoms with E-state index in [1.807, 2.05) is 27.8 Å². The highest BCUT2D eigenvalue weighted by Gasteiger charge is 2.41. The molecule has 1 N–H and O–H groups in total. The van der Waals surface area contributed by atoms with E-state index in [0.29, 0.717) is 25.9 Å². The van der Waals surface area contributed by atoms with E-state index < -0.39 is 5.60 Å². The summed E-state index contributed by atoms with van der Waals surface area (Å²) in [5, 5.41) is 14.2. The van der Waals surface area contributed by atoms with Crippen molar-refractivity contribution in [1.29, 1.82) is 0 Å². The van der Waals surface area contributed by atoms with Gasteiger partial charge in [-0.25, -0.2) is 0 Å². The summed E-state index contributed by atoms with van der Waals surface area (Å²) in [6.07, 6.45) is 1.08. The predicted octanol–water partition coefficient (Wildman–Crippen LogP) is 0.563. The molecule has 1 aliphatic heterocycles. The monoisotopic (exact) mass is 251 g/mol. The van der Waals surface area contributed by atoms with E-state index in [0.717, 1.165) is 17.0 Å². The summed E-state index contributed by atoms with van der Waals surface area (Å²) in [4.78, 5) is 13.8. The molecule has 1 aromatic rings. The molecule has 1 amide bonds. The van der Waals surface area contributed by atoms with Crippen LogP contribution in [0.3, 0.4) is 0 Å². The van der Waals surface area contributed by atoms with Gasteiger partial charge < -0.3 is 10.0 Å². The number of hydrogen-bond donors (Lipinski definition) is 1. The lowest BCUT2D eigenvalue weighted by molar-refractivity contribution is -0.155. The third-order valence-corrected chi connectivity index (χ3v) is 3.97. The molecule has 100 valence electrons. The SMILES string of the molecule is CCC1(O)CN(C(=O)Cc2c(C)nn(C)c2C)C1. The molecule has 0 aromatic carbocycles. The van der Waals surface area contributed by atoms with Crippen molar-refractivity contribution < 1.29 is 9.90 Å². The first-order valence-electron chi connectivity index (χ1n) is 6.35. The largest absolute Gasteiger partial charge is 0.386 e. The number of aryl methyl sites for hydroxylation is 2. The second-order valence-electron chi connectivity index (χ2n) is 5.28. The van der Waals surface area contributed by atoms with Crippen LogP contribution in [0, 0.1) is 13.8 Å². The Morgan fingerprint density at radius 3 is 2.50 bits per heavy atom. The lowest BCUT2D eigenvalue weighted by Crippen LogP contribution is -2.63. The fourth-order valence-corrected chi connectivity index (χ4v) is 2.40. The zero-order chi connectivity index (χ0) is 13.5. The molecule has 0 unspecified atom stereocenters. The van der Waals surface area contributed by atoms with Crippen molar-refractivity contribution >= 4 is 5.91 Å². The molecular formula is C13H21N3O2. The van der Waals surface area contributed by atoms with Gasteiger partial charge in [0.15, 0.2) is 0 Å². The number of aliphatic hydroxyl groups is 1. The van der Waals surface area contributed by atoms with Gasteiger partial charge in [0.1, 0.15) is 0 Å². The molecule has 18 heavy (non-hydrogen) atoms. The fraction of sp³-hybridized carbons (Fsp3) is 0.692. The van der Waals surface area contributed by atoms with Crippen LogP contribution in [0.4, 0.5) is 0 Å². The first kappa shape index (κ1) is 13.1. The number of β-amino-alcohol motifs (C(OH)–C–C–N with tert-alkyl or cyclic N) is 1. The van der Waals surface area contributed by atoms with E-state index in [-0.39, 0.29) is 5.91 Å². The lowest BCUT2D eigenvalue weighted by Gasteiger charge is -2.46. The first-order valence-corrected chi connectivity index (χ1v) is 6.35. The van der Waals surface area contributed by atoms with Crippen molar-refractivity contribution in [2.45, 2.75) is 39.2 Å². The molecule has 0 saturated carbocycles. The topological polar surface area (TPSA) is 58.4 Å². The van der Waals surface area contributed by atoms with Gasteiger partial charge in [-0.2, -0.15) is 5.10 Å². The van der Waals surface area contributed by atoms with Crippen LogP contribution in [0.1, 0.15) is 30.3 Å². The van der Waals surface area contributed by atoms with Gasteiger partial charge in [-0.15, -0.1) is 0 Å². The average Bonchev–Trinajstić information content (AvgIpc) is 2.51. The maximum atomic E-state index is 12.1. The Hall–Kier alpha value is -1.36. The second-order valence-corrected chi connectivity index (χ2v) is 5.28. The van der Waals surface area contributed by atoms with Crippen LogP contribution in [0.15, 0.2) is 0 Å². The molecule has 0 bridgehead atoms. The zero-order valence-corrected chi connectivity index (χ0v) is 11.5. The number of aromatic nitrogens is 2. The van der Waals surface area contributed by atoms with Crippen LogP contribution in [0.25, 0.3) is 0 Å². The van der Waals surface area contributed by atoms with Gasteiger partial charge in [0.2, 0.25) is 5.91 Å². The van der Waals surface area contributed by atoms with Gasteiger partial charge in [0.25, 0.3) is 0 Å². The highest BCUT2D eigenvalue weighted by atomic mass is 16.3. The van der Waals surface area contributed by atoms with E-state index in [4.69, 9.17) is 0 Å². The van der Waals surface area contributed by atoms with Crippen molar-refractivity contribution in [3.63, 3.8) is 0 Å². The summed E-state index contributed by atoms with van der Waals surface area (Å²) < 4.78 is 1.80. The maximum Gasteiger partial charge on any atom is 0.227 e. The number of hydrogen-bond acceptors (Lipinski definition) is 3. The first-order chi connectivity index (χ1) is 8.36. The van der Waals surface area contributed by atoms with Gasteiger partial charge >= 0.3 is 0 Å². The van der Waals surface area contributed by atoms with E-state index in [1.165, 1.54) is 0 Å². The maximum absolute atomic E-state index is 12.1. The van der Waals surface area contributed by atoms with Crippen LogP contribution < -0.4 is 0 Å². The van der Waals surface area contributed by atoms with Gasteiger partial charge in [0, 0.05) is 18.3 Å². The predicted molar refractivity (Wildman–Crippen MR) is 68.2 cm³/mol. The highest BCUT2D eigenvalue weighted by molar-refractivity contribution is 5.80. The number of likely N-dealkylation sites (tertiary alicyclic amines) is 1. The summed E-state index contributed by atoms with van der Waals surface area (Å²) in [5.41, 5.74) is 2.30. The second kappa shape index (κ2) is 4.39. The quantitative estimate of drug-likeness (QED) is 0.854. The molecule has 2 heterocycles. The summed E-state index contributed by atoms with van der Waals surface area (Å²) in [6.45, 7) is 6.76. The standard InChI is InChI=1S/C13H21N3O2/c1-5-13(18)7-16(8-13)12(17)6-11-9(2)14-15(4)10(11)3/h18H,5-8H2,1-4H3. The summed E-state index contributed by atoms with van der Waals surface area (Å²) in [5.74, 6) is 0.0762. The van der Waals surface area contributed by atoms with Crippen LogP contribution in [0.2, 0.25) is 0 Å². The zero-order valence-electron chi connectivity index (χ0n) is 11.5. The van der Waals surface area contributed by atoms with Crippen molar-refractivity contribution in [3.05, 3.63) is 17.0 Å². The molecule has 1 saturated heterocycles.